The SMILES string of the molecule is CCc1n[nH]c(CC(C)C)c1C=O. The lowest BCUT2D eigenvalue weighted by molar-refractivity contribution is 0.112. The van der Waals surface area contributed by atoms with Crippen molar-refractivity contribution in [2.45, 2.75) is 33.6 Å². The number of hydrogen-bond donors (Lipinski definition) is 1. The van der Waals surface area contributed by atoms with E-state index in [2.05, 4.69) is 24.0 Å². The number of nitrogens with zero attached hydrogens (tertiary/aromatic N) is 1. The topological polar surface area (TPSA) is 45.8 Å². The van der Waals surface area contributed by atoms with E-state index in [0.29, 0.717) is 5.92 Å². The summed E-state index contributed by atoms with van der Waals surface area (Å²) in [4.78, 5) is 10.8. The number of carbonyl (C=O) groups is 1. The number of aromatic nitrogens is 2. The molecule has 0 amide bonds. The van der Waals surface area contributed by atoms with Crippen molar-refractivity contribution in [1.82, 2.24) is 10.2 Å². The van der Waals surface area contributed by atoms with Crippen LogP contribution in [-0.2, 0) is 12.8 Å². The summed E-state index contributed by atoms with van der Waals surface area (Å²) in [5.41, 5.74) is 2.61. The summed E-state index contributed by atoms with van der Waals surface area (Å²) in [6.45, 7) is 6.25. The quantitative estimate of drug-likeness (QED) is 0.720. The van der Waals surface area contributed by atoms with Crippen LogP contribution in [0.15, 0.2) is 0 Å². The van der Waals surface area contributed by atoms with Crippen molar-refractivity contribution >= 4 is 6.29 Å². The van der Waals surface area contributed by atoms with Crippen molar-refractivity contribution in [2.75, 3.05) is 0 Å². The van der Waals surface area contributed by atoms with Gasteiger partial charge in [-0.1, -0.05) is 20.8 Å². The highest BCUT2D eigenvalue weighted by atomic mass is 16.1. The highest BCUT2D eigenvalue weighted by molar-refractivity contribution is 5.78. The minimum absolute atomic E-state index is 0.545. The van der Waals surface area contributed by atoms with Crippen LogP contribution < -0.4 is 0 Å². The number of aldehydes is 1. The van der Waals surface area contributed by atoms with E-state index in [0.717, 1.165) is 36.1 Å². The van der Waals surface area contributed by atoms with Crippen molar-refractivity contribution in [3.63, 3.8) is 0 Å². The van der Waals surface area contributed by atoms with Gasteiger partial charge in [0.2, 0.25) is 0 Å². The van der Waals surface area contributed by atoms with E-state index in [9.17, 15) is 4.79 Å². The monoisotopic (exact) mass is 180 g/mol. The molecule has 0 aliphatic rings. The third-order valence-corrected chi connectivity index (χ3v) is 2.03. The van der Waals surface area contributed by atoms with Gasteiger partial charge >= 0.3 is 0 Å². The predicted molar refractivity (Wildman–Crippen MR) is 51.9 cm³/mol. The third kappa shape index (κ3) is 2.17. The Kier molecular flexibility index (Phi) is 3.23. The van der Waals surface area contributed by atoms with Crippen LogP contribution >= 0.6 is 0 Å². The number of H-pyrrole nitrogens is 1. The average Bonchev–Trinajstić information content (AvgIpc) is 2.45. The minimum atomic E-state index is 0.545. The Morgan fingerprint density at radius 2 is 2.23 bits per heavy atom. The molecule has 0 atom stereocenters. The van der Waals surface area contributed by atoms with Gasteiger partial charge in [-0.2, -0.15) is 5.10 Å². The van der Waals surface area contributed by atoms with Gasteiger partial charge in [0.1, 0.15) is 0 Å². The summed E-state index contributed by atoms with van der Waals surface area (Å²) in [5.74, 6) is 0.545. The lowest BCUT2D eigenvalue weighted by atomic mass is 10.0. The Hall–Kier alpha value is -1.12. The number of aryl methyl sites for hydroxylation is 1. The van der Waals surface area contributed by atoms with Crippen LogP contribution in [0.25, 0.3) is 0 Å². The smallest absolute Gasteiger partial charge is 0.153 e. The number of hydrogen-bond acceptors (Lipinski definition) is 2. The fraction of sp³-hybridized carbons (Fsp3) is 0.600. The molecule has 0 bridgehead atoms. The van der Waals surface area contributed by atoms with Crippen molar-refractivity contribution in [3.8, 4) is 0 Å². The van der Waals surface area contributed by atoms with Crippen LogP contribution in [0.3, 0.4) is 0 Å². The fourth-order valence-electron chi connectivity index (χ4n) is 1.40. The molecule has 3 nitrogen and oxygen atoms in total. The molecular weight excluding hydrogens is 164 g/mol. The summed E-state index contributed by atoms with van der Waals surface area (Å²) in [6, 6.07) is 0. The van der Waals surface area contributed by atoms with Crippen molar-refractivity contribution < 1.29 is 4.79 Å². The van der Waals surface area contributed by atoms with E-state index in [1.54, 1.807) is 0 Å². The van der Waals surface area contributed by atoms with Crippen molar-refractivity contribution in [2.24, 2.45) is 5.92 Å². The van der Waals surface area contributed by atoms with Crippen molar-refractivity contribution in [3.05, 3.63) is 17.0 Å². The molecule has 0 saturated heterocycles. The highest BCUT2D eigenvalue weighted by Crippen LogP contribution is 2.13. The molecule has 1 aromatic heterocycles. The van der Waals surface area contributed by atoms with Gasteiger partial charge in [0.15, 0.2) is 6.29 Å². The van der Waals surface area contributed by atoms with Crippen LogP contribution in [0.4, 0.5) is 0 Å². The molecule has 72 valence electrons. The third-order valence-electron chi connectivity index (χ3n) is 2.03. The molecule has 1 N–H and O–H groups in total. The largest absolute Gasteiger partial charge is 0.298 e. The van der Waals surface area contributed by atoms with E-state index >= 15 is 0 Å². The lowest BCUT2D eigenvalue weighted by Gasteiger charge is -2.01. The summed E-state index contributed by atoms with van der Waals surface area (Å²) in [5, 5.41) is 7.03. The first kappa shape index (κ1) is 9.96. The number of rotatable bonds is 4. The van der Waals surface area contributed by atoms with Gasteiger partial charge in [-0.3, -0.25) is 9.89 Å². The molecule has 3 heteroatoms. The molecule has 0 aromatic carbocycles. The Morgan fingerprint density at radius 1 is 1.54 bits per heavy atom. The first-order valence-electron chi connectivity index (χ1n) is 4.70. The second-order valence-corrected chi connectivity index (χ2v) is 3.63. The number of carbonyl (C=O) groups excluding carboxylic acids is 1. The van der Waals surface area contributed by atoms with Crippen molar-refractivity contribution in [1.29, 1.82) is 0 Å². The number of aromatic amines is 1. The molecule has 13 heavy (non-hydrogen) atoms. The average molecular weight is 180 g/mol. The molecule has 1 heterocycles. The first-order chi connectivity index (χ1) is 6.19. The van der Waals surface area contributed by atoms with Gasteiger partial charge in [0, 0.05) is 5.69 Å². The molecule has 0 radical (unpaired) electrons. The lowest BCUT2D eigenvalue weighted by Crippen LogP contribution is -1.98. The maximum atomic E-state index is 10.8. The maximum Gasteiger partial charge on any atom is 0.153 e. The standard InChI is InChI=1S/C10H16N2O/c1-4-9-8(6-13)10(12-11-9)5-7(2)3/h6-7H,4-5H2,1-3H3,(H,11,12). The summed E-state index contributed by atoms with van der Waals surface area (Å²) in [7, 11) is 0. The van der Waals surface area contributed by atoms with E-state index in [-0.39, 0.29) is 0 Å². The second-order valence-electron chi connectivity index (χ2n) is 3.63. The van der Waals surface area contributed by atoms with E-state index in [4.69, 9.17) is 0 Å². The summed E-state index contributed by atoms with van der Waals surface area (Å²) >= 11 is 0. The molecule has 1 aromatic rings. The highest BCUT2D eigenvalue weighted by Gasteiger charge is 2.11. The molecule has 0 aliphatic carbocycles. The Morgan fingerprint density at radius 3 is 2.69 bits per heavy atom. The van der Waals surface area contributed by atoms with Gasteiger partial charge in [0.25, 0.3) is 0 Å². The zero-order valence-electron chi connectivity index (χ0n) is 8.42. The Labute approximate surface area is 78.5 Å². The van der Waals surface area contributed by atoms with E-state index < -0.39 is 0 Å². The molecule has 0 saturated carbocycles. The van der Waals surface area contributed by atoms with Gasteiger partial charge in [0.05, 0.1) is 11.3 Å². The molecule has 0 unspecified atom stereocenters. The fourth-order valence-corrected chi connectivity index (χ4v) is 1.40. The zero-order valence-corrected chi connectivity index (χ0v) is 8.42. The molecular formula is C10H16N2O. The summed E-state index contributed by atoms with van der Waals surface area (Å²) in [6.07, 6.45) is 2.60. The van der Waals surface area contributed by atoms with Gasteiger partial charge < -0.3 is 0 Å². The number of nitrogens with one attached hydrogen (secondary N) is 1. The molecule has 0 aliphatic heterocycles. The van der Waals surface area contributed by atoms with Gasteiger partial charge in [-0.15, -0.1) is 0 Å². The predicted octanol–water partition coefficient (Wildman–Crippen LogP) is 1.98. The maximum absolute atomic E-state index is 10.8. The Balaban J connectivity index is 2.94. The van der Waals surface area contributed by atoms with E-state index in [1.807, 2.05) is 6.92 Å². The summed E-state index contributed by atoms with van der Waals surface area (Å²) < 4.78 is 0. The van der Waals surface area contributed by atoms with Crippen LogP contribution in [0.5, 0.6) is 0 Å². The van der Waals surface area contributed by atoms with Gasteiger partial charge in [-0.25, -0.2) is 0 Å². The normalized spacial score (nSPS) is 10.8. The minimum Gasteiger partial charge on any atom is -0.298 e. The van der Waals surface area contributed by atoms with Crippen LogP contribution in [0.1, 0.15) is 42.5 Å². The van der Waals surface area contributed by atoms with Crippen LogP contribution in [-0.4, -0.2) is 16.5 Å². The Bertz CT molecular complexity index is 289. The second kappa shape index (κ2) is 4.21. The first-order valence-corrected chi connectivity index (χ1v) is 4.70. The molecule has 1 rings (SSSR count). The zero-order chi connectivity index (χ0) is 9.84. The van der Waals surface area contributed by atoms with Crippen LogP contribution in [0, 0.1) is 5.92 Å². The van der Waals surface area contributed by atoms with E-state index in [1.165, 1.54) is 0 Å². The molecule has 0 spiro atoms. The van der Waals surface area contributed by atoms with Gasteiger partial charge in [-0.05, 0) is 18.8 Å². The van der Waals surface area contributed by atoms with Crippen LogP contribution in [0.2, 0.25) is 0 Å². The molecule has 0 fully saturated rings.